The van der Waals surface area contributed by atoms with Gasteiger partial charge >= 0.3 is 6.09 Å². The number of ether oxygens (including phenoxy) is 1. The van der Waals surface area contributed by atoms with Gasteiger partial charge in [-0.3, -0.25) is 9.59 Å². The fourth-order valence-electron chi connectivity index (χ4n) is 3.62. The van der Waals surface area contributed by atoms with Gasteiger partial charge in [0, 0.05) is 11.2 Å². The van der Waals surface area contributed by atoms with Gasteiger partial charge in [-0.05, 0) is 65.7 Å². The van der Waals surface area contributed by atoms with Crippen LogP contribution in [0.25, 0.3) is 0 Å². The van der Waals surface area contributed by atoms with E-state index >= 15 is 0 Å². The number of benzene rings is 2. The molecular weight excluding hydrogens is 446 g/mol. The fourth-order valence-corrected chi connectivity index (χ4v) is 3.62. The molecule has 3 amide bonds. The molecular formula is C27H37N3O5. The molecule has 2 aromatic rings. The number of amides is 3. The molecule has 0 aliphatic heterocycles. The van der Waals surface area contributed by atoms with Gasteiger partial charge in [-0.1, -0.05) is 48.5 Å². The summed E-state index contributed by atoms with van der Waals surface area (Å²) in [5.41, 5.74) is 0.475. The Balaban J connectivity index is 2.49. The zero-order valence-corrected chi connectivity index (χ0v) is 21.6. The highest BCUT2D eigenvalue weighted by atomic mass is 16.6. The Morgan fingerprint density at radius 1 is 0.943 bits per heavy atom. The van der Waals surface area contributed by atoms with Crippen LogP contribution in [-0.2, 0) is 14.3 Å². The quantitative estimate of drug-likeness (QED) is 0.547. The number of nitrogens with zero attached hydrogens (tertiary/aromatic N) is 1. The van der Waals surface area contributed by atoms with Crippen molar-refractivity contribution in [3.63, 3.8) is 0 Å². The second-order valence-electron chi connectivity index (χ2n) is 10.4. The summed E-state index contributed by atoms with van der Waals surface area (Å²) in [5, 5.41) is 15.4. The molecule has 0 saturated heterocycles. The number of hydrogen-bond acceptors (Lipinski definition) is 5. The van der Waals surface area contributed by atoms with Crippen molar-refractivity contribution in [1.82, 2.24) is 10.2 Å². The third-order valence-corrected chi connectivity index (χ3v) is 5.16. The third-order valence-electron chi connectivity index (χ3n) is 5.16. The SMILES string of the molecule is Cc1ccccc1NC(=O)C(c1ccccc1)N(C(=O)C(CO)NC(=O)OC(C)(C)C)C(C)(C)C. The smallest absolute Gasteiger partial charge is 0.408 e. The maximum Gasteiger partial charge on any atom is 0.408 e. The number of nitrogens with one attached hydrogen (secondary N) is 2. The molecule has 0 radical (unpaired) electrons. The predicted molar refractivity (Wildman–Crippen MR) is 136 cm³/mol. The average molecular weight is 484 g/mol. The van der Waals surface area contributed by atoms with Crippen molar-refractivity contribution < 1.29 is 24.2 Å². The van der Waals surface area contributed by atoms with E-state index in [1.54, 1.807) is 71.9 Å². The lowest BCUT2D eigenvalue weighted by Gasteiger charge is -2.42. The first kappa shape index (κ1) is 27.9. The topological polar surface area (TPSA) is 108 Å². The summed E-state index contributed by atoms with van der Waals surface area (Å²) in [7, 11) is 0. The maximum atomic E-state index is 13.8. The fraction of sp³-hybridized carbons (Fsp3) is 0.444. The van der Waals surface area contributed by atoms with Crippen LogP contribution < -0.4 is 10.6 Å². The largest absolute Gasteiger partial charge is 0.444 e. The lowest BCUT2D eigenvalue weighted by Crippen LogP contribution is -2.59. The summed E-state index contributed by atoms with van der Waals surface area (Å²) in [6.07, 6.45) is -0.834. The number of carbonyl (C=O) groups is 3. The number of aliphatic hydroxyl groups excluding tert-OH is 1. The van der Waals surface area contributed by atoms with Crippen LogP contribution in [0.5, 0.6) is 0 Å². The van der Waals surface area contributed by atoms with E-state index in [2.05, 4.69) is 10.6 Å². The van der Waals surface area contributed by atoms with Gasteiger partial charge in [-0.15, -0.1) is 0 Å². The molecule has 2 aromatic carbocycles. The molecule has 0 fully saturated rings. The second kappa shape index (κ2) is 11.4. The van der Waals surface area contributed by atoms with Gasteiger partial charge < -0.3 is 25.4 Å². The number of rotatable bonds is 7. The van der Waals surface area contributed by atoms with Crippen LogP contribution in [0.4, 0.5) is 10.5 Å². The zero-order valence-electron chi connectivity index (χ0n) is 21.6. The molecule has 2 unspecified atom stereocenters. The van der Waals surface area contributed by atoms with Crippen LogP contribution in [-0.4, -0.2) is 51.7 Å². The van der Waals surface area contributed by atoms with Crippen molar-refractivity contribution in [3.05, 3.63) is 65.7 Å². The van der Waals surface area contributed by atoms with Crippen LogP contribution in [0.2, 0.25) is 0 Å². The van der Waals surface area contributed by atoms with E-state index in [1.807, 2.05) is 31.2 Å². The number of aryl methyl sites for hydroxylation is 1. The minimum Gasteiger partial charge on any atom is -0.444 e. The summed E-state index contributed by atoms with van der Waals surface area (Å²) in [6, 6.07) is 14.0. The highest BCUT2D eigenvalue weighted by molar-refractivity contribution is 5.99. The number of carbonyl (C=O) groups excluding carboxylic acids is 3. The minimum absolute atomic E-state index is 0.414. The molecule has 3 N–H and O–H groups in total. The van der Waals surface area contributed by atoms with Crippen LogP contribution >= 0.6 is 0 Å². The highest BCUT2D eigenvalue weighted by Crippen LogP contribution is 2.31. The summed E-state index contributed by atoms with van der Waals surface area (Å²) in [6.45, 7) is 11.7. The van der Waals surface area contributed by atoms with E-state index in [9.17, 15) is 19.5 Å². The standard InChI is InChI=1S/C27H37N3O5/c1-18-13-11-12-16-20(18)28-23(32)22(19-14-9-8-10-15-19)30(26(2,3)4)24(33)21(17-31)29-25(34)35-27(5,6)7/h8-16,21-22,31H,17H2,1-7H3,(H,28,32)(H,29,34). The molecule has 0 heterocycles. The van der Waals surface area contributed by atoms with Crippen molar-refractivity contribution in [2.75, 3.05) is 11.9 Å². The van der Waals surface area contributed by atoms with Crippen LogP contribution in [0.15, 0.2) is 54.6 Å². The van der Waals surface area contributed by atoms with Crippen molar-refractivity contribution in [1.29, 1.82) is 0 Å². The van der Waals surface area contributed by atoms with E-state index in [0.717, 1.165) is 5.56 Å². The van der Waals surface area contributed by atoms with E-state index in [-0.39, 0.29) is 0 Å². The molecule has 8 nitrogen and oxygen atoms in total. The molecule has 190 valence electrons. The predicted octanol–water partition coefficient (Wildman–Crippen LogP) is 4.19. The summed E-state index contributed by atoms with van der Waals surface area (Å²) in [5.74, 6) is -1.03. The van der Waals surface area contributed by atoms with E-state index in [1.165, 1.54) is 4.90 Å². The first-order valence-corrected chi connectivity index (χ1v) is 11.6. The molecule has 8 heteroatoms. The minimum atomic E-state index is -1.30. The first-order chi connectivity index (χ1) is 16.2. The highest BCUT2D eigenvalue weighted by Gasteiger charge is 2.41. The number of alkyl carbamates (subject to hydrolysis) is 1. The van der Waals surface area contributed by atoms with Gasteiger partial charge in [0.05, 0.1) is 6.61 Å². The van der Waals surface area contributed by atoms with Gasteiger partial charge in [0.2, 0.25) is 5.91 Å². The molecule has 0 saturated carbocycles. The van der Waals surface area contributed by atoms with Crippen LogP contribution in [0.1, 0.15) is 58.7 Å². The van der Waals surface area contributed by atoms with Gasteiger partial charge in [0.1, 0.15) is 17.7 Å². The molecule has 0 aliphatic carbocycles. The number of para-hydroxylation sites is 1. The van der Waals surface area contributed by atoms with Crippen molar-refractivity contribution in [2.24, 2.45) is 0 Å². The lowest BCUT2D eigenvalue weighted by atomic mass is 9.95. The molecule has 2 atom stereocenters. The van der Waals surface area contributed by atoms with Gasteiger partial charge in [-0.2, -0.15) is 0 Å². The lowest BCUT2D eigenvalue weighted by molar-refractivity contribution is -0.147. The van der Waals surface area contributed by atoms with Gasteiger partial charge in [0.15, 0.2) is 0 Å². The number of anilines is 1. The van der Waals surface area contributed by atoms with Crippen molar-refractivity contribution >= 4 is 23.6 Å². The molecule has 0 bridgehead atoms. The Labute approximate surface area is 207 Å². The van der Waals surface area contributed by atoms with Crippen molar-refractivity contribution in [3.8, 4) is 0 Å². The van der Waals surface area contributed by atoms with Crippen LogP contribution in [0, 0.1) is 6.92 Å². The Hall–Kier alpha value is -3.39. The number of aliphatic hydroxyl groups is 1. The molecule has 35 heavy (non-hydrogen) atoms. The summed E-state index contributed by atoms with van der Waals surface area (Å²) < 4.78 is 5.26. The van der Waals surface area contributed by atoms with Gasteiger partial charge in [0.25, 0.3) is 5.91 Å². The van der Waals surface area contributed by atoms with Gasteiger partial charge in [-0.25, -0.2) is 4.79 Å². The molecule has 0 aliphatic rings. The molecule has 0 spiro atoms. The Morgan fingerprint density at radius 3 is 2.03 bits per heavy atom. The van der Waals surface area contributed by atoms with Crippen LogP contribution in [0.3, 0.4) is 0 Å². The Morgan fingerprint density at radius 2 is 1.51 bits per heavy atom. The van der Waals surface area contributed by atoms with E-state index in [0.29, 0.717) is 11.3 Å². The van der Waals surface area contributed by atoms with E-state index in [4.69, 9.17) is 4.74 Å². The average Bonchev–Trinajstić information content (AvgIpc) is 2.75. The maximum absolute atomic E-state index is 13.8. The normalized spacial score (nSPS) is 13.4. The number of hydrogen-bond donors (Lipinski definition) is 3. The summed E-state index contributed by atoms with van der Waals surface area (Å²) in [4.78, 5) is 41.2. The Kier molecular flexibility index (Phi) is 9.04. The molecule has 0 aromatic heterocycles. The van der Waals surface area contributed by atoms with Crippen molar-refractivity contribution in [2.45, 2.75) is 71.7 Å². The first-order valence-electron chi connectivity index (χ1n) is 11.6. The van der Waals surface area contributed by atoms with E-state index < -0.39 is 47.7 Å². The second-order valence-corrected chi connectivity index (χ2v) is 10.4. The summed E-state index contributed by atoms with van der Waals surface area (Å²) >= 11 is 0. The third kappa shape index (κ3) is 7.82. The zero-order chi connectivity index (χ0) is 26.4. The molecule has 2 rings (SSSR count). The Bertz CT molecular complexity index is 1030. The monoisotopic (exact) mass is 483 g/mol.